The number of Topliss-reactive ketones (excluding diaryl/α,β-unsaturated/α-hetero) is 1. The van der Waals surface area contributed by atoms with Crippen molar-refractivity contribution in [1.29, 1.82) is 0 Å². The van der Waals surface area contributed by atoms with E-state index in [1.54, 1.807) is 18.7 Å². The summed E-state index contributed by atoms with van der Waals surface area (Å²) in [6.07, 6.45) is 7.23. The molecule has 0 bridgehead atoms. The van der Waals surface area contributed by atoms with Crippen LogP contribution in [0.2, 0.25) is 0 Å². The van der Waals surface area contributed by atoms with E-state index in [4.69, 9.17) is 0 Å². The SMILES string of the molecule is C.CC(C)CCCCCCN1C(=O)CC(SC(C)C)C1=O.CC(C)Cc1ccc(NC(=O)[C@H](C)CC(=O)C(NC(=O)CCN2C(=O)CC(SC(C)C)C2=O)C(C)C)cc1. The molecule has 4 atom stereocenters. The third-order valence-electron chi connectivity index (χ3n) is 9.90. The van der Waals surface area contributed by atoms with Crippen molar-refractivity contribution >= 4 is 70.4 Å². The van der Waals surface area contributed by atoms with Gasteiger partial charge in [0.25, 0.3) is 0 Å². The highest BCUT2D eigenvalue weighted by Gasteiger charge is 2.40. The van der Waals surface area contributed by atoms with Crippen molar-refractivity contribution in [3.63, 3.8) is 0 Å². The maximum atomic E-state index is 13.0. The molecule has 2 fully saturated rings. The standard InChI is InChI=1S/C29H43N3O5S.C16H29NO2S.CH4/c1-17(2)14-21-8-10-22(11-9-21)30-28(36)20(7)15-23(33)27(18(3)4)31-25(34)12-13-32-26(35)16-24(29(32)37)38-19(5)6;1-12(2)9-7-5-6-8-10-17-15(18)11-14(16(17)19)20-13(3)4;/h8-11,17-20,24,27H,12-16H2,1-7H3,(H,30,36)(H,31,34);12-14H,5-11H2,1-4H3;1H4/t20-,24?,27?;;/m1../s1. The average Bonchev–Trinajstić information content (AvgIpc) is 3.54. The van der Waals surface area contributed by atoms with Crippen LogP contribution in [-0.2, 0) is 40.0 Å². The van der Waals surface area contributed by atoms with Gasteiger partial charge in [0, 0.05) is 50.4 Å². The number of likely N-dealkylation sites (tertiary alicyclic amines) is 2. The van der Waals surface area contributed by atoms with Crippen LogP contribution in [0.4, 0.5) is 5.69 Å². The van der Waals surface area contributed by atoms with Gasteiger partial charge in [-0.3, -0.25) is 43.4 Å². The number of thioether (sulfide) groups is 2. The Hall–Kier alpha value is -3.19. The van der Waals surface area contributed by atoms with Crippen molar-refractivity contribution < 1.29 is 33.6 Å². The molecule has 2 aliphatic rings. The molecule has 3 unspecified atom stereocenters. The van der Waals surface area contributed by atoms with Crippen LogP contribution in [0.15, 0.2) is 24.3 Å². The fourth-order valence-corrected chi connectivity index (χ4v) is 9.16. The fraction of sp³-hybridized carbons (Fsp3) is 0.717. The van der Waals surface area contributed by atoms with Crippen LogP contribution in [-0.4, -0.2) is 91.2 Å². The Morgan fingerprint density at radius 3 is 1.68 bits per heavy atom. The minimum absolute atomic E-state index is 0. The molecular weight excluding hydrogens is 785 g/mol. The Labute approximate surface area is 364 Å². The second kappa shape index (κ2) is 26.9. The first-order chi connectivity index (χ1) is 27.2. The van der Waals surface area contributed by atoms with E-state index in [1.165, 1.54) is 41.5 Å². The monoisotopic (exact) mass is 861 g/mol. The topological polar surface area (TPSA) is 150 Å². The molecule has 0 aliphatic carbocycles. The highest BCUT2D eigenvalue weighted by Crippen LogP contribution is 2.29. The Kier molecular flexibility index (Phi) is 24.5. The van der Waals surface area contributed by atoms with Gasteiger partial charge in [0.15, 0.2) is 5.78 Å². The van der Waals surface area contributed by atoms with E-state index >= 15 is 0 Å². The fourth-order valence-electron chi connectivity index (χ4n) is 6.88. The van der Waals surface area contributed by atoms with E-state index in [2.05, 4.69) is 52.2 Å². The maximum absolute atomic E-state index is 13.0. The number of nitrogens with one attached hydrogen (secondary N) is 2. The molecule has 1 aromatic carbocycles. The summed E-state index contributed by atoms with van der Waals surface area (Å²) in [6.45, 7) is 22.8. The van der Waals surface area contributed by atoms with Gasteiger partial charge in [0.2, 0.25) is 35.4 Å². The maximum Gasteiger partial charge on any atom is 0.242 e. The molecule has 0 spiro atoms. The summed E-state index contributed by atoms with van der Waals surface area (Å²) in [4.78, 5) is 89.9. The zero-order valence-corrected chi connectivity index (χ0v) is 38.7. The molecule has 0 aromatic heterocycles. The van der Waals surface area contributed by atoms with Crippen LogP contribution in [0.5, 0.6) is 0 Å². The van der Waals surface area contributed by atoms with Gasteiger partial charge < -0.3 is 10.6 Å². The highest BCUT2D eigenvalue weighted by molar-refractivity contribution is 8.01. The van der Waals surface area contributed by atoms with Gasteiger partial charge in [0.1, 0.15) is 0 Å². The minimum atomic E-state index is -0.762. The third-order valence-corrected chi connectivity index (χ3v) is 12.4. The lowest BCUT2D eigenvalue weighted by molar-refractivity contribution is -0.140. The first-order valence-electron chi connectivity index (χ1n) is 21.4. The molecule has 2 heterocycles. The van der Waals surface area contributed by atoms with E-state index in [0.29, 0.717) is 29.8 Å². The van der Waals surface area contributed by atoms with Crippen LogP contribution in [0, 0.1) is 23.7 Å². The Morgan fingerprint density at radius 1 is 0.695 bits per heavy atom. The molecular formula is C46H76N4O7S2. The van der Waals surface area contributed by atoms with E-state index < -0.39 is 23.1 Å². The first kappa shape index (κ1) is 53.8. The molecule has 0 radical (unpaired) electrons. The number of ketones is 1. The van der Waals surface area contributed by atoms with Crippen LogP contribution in [0.25, 0.3) is 0 Å². The summed E-state index contributed by atoms with van der Waals surface area (Å²) in [5.74, 6) is -0.813. The number of imide groups is 2. The van der Waals surface area contributed by atoms with Gasteiger partial charge in [-0.15, -0.1) is 23.5 Å². The number of carbonyl (C=O) groups is 7. The van der Waals surface area contributed by atoms with Gasteiger partial charge in [0.05, 0.1) is 16.5 Å². The van der Waals surface area contributed by atoms with Gasteiger partial charge in [-0.05, 0) is 58.8 Å². The Bertz CT molecular complexity index is 1530. The number of anilines is 1. The predicted octanol–water partition coefficient (Wildman–Crippen LogP) is 8.72. The number of unbranched alkanes of at least 4 members (excludes halogenated alkanes) is 3. The lowest BCUT2D eigenvalue weighted by atomic mass is 9.92. The quantitative estimate of drug-likeness (QED) is 0.0814. The molecule has 11 nitrogen and oxygen atoms in total. The number of nitrogens with zero attached hydrogens (tertiary/aromatic N) is 2. The summed E-state index contributed by atoms with van der Waals surface area (Å²) < 4.78 is 0. The third kappa shape index (κ3) is 19.4. The van der Waals surface area contributed by atoms with Crippen molar-refractivity contribution in [2.24, 2.45) is 23.7 Å². The Balaban J connectivity index is 0.000000699. The summed E-state index contributed by atoms with van der Waals surface area (Å²) in [7, 11) is 0. The van der Waals surface area contributed by atoms with Crippen molar-refractivity contribution in [2.45, 2.75) is 175 Å². The van der Waals surface area contributed by atoms with Crippen molar-refractivity contribution in [1.82, 2.24) is 15.1 Å². The lowest BCUT2D eigenvalue weighted by Gasteiger charge is -2.23. The molecule has 13 heteroatoms. The second-order valence-corrected chi connectivity index (χ2v) is 21.1. The van der Waals surface area contributed by atoms with Crippen molar-refractivity contribution in [3.05, 3.63) is 29.8 Å². The number of carbonyl (C=O) groups excluding carboxylic acids is 7. The summed E-state index contributed by atoms with van der Waals surface area (Å²) in [5.41, 5.74) is 1.88. The molecule has 6 amide bonds. The number of amides is 6. The number of hydrogen-bond acceptors (Lipinski definition) is 9. The summed E-state index contributed by atoms with van der Waals surface area (Å²) in [6, 6.07) is 6.94. The van der Waals surface area contributed by atoms with Gasteiger partial charge in [-0.2, -0.15) is 0 Å². The van der Waals surface area contributed by atoms with Gasteiger partial charge >= 0.3 is 0 Å². The van der Waals surface area contributed by atoms with E-state index in [1.807, 2.05) is 52.0 Å². The van der Waals surface area contributed by atoms with Gasteiger partial charge in [-0.25, -0.2) is 0 Å². The average molecular weight is 861 g/mol. The number of benzene rings is 1. The van der Waals surface area contributed by atoms with E-state index in [9.17, 15) is 33.6 Å². The molecule has 0 saturated carbocycles. The first-order valence-corrected chi connectivity index (χ1v) is 23.3. The lowest BCUT2D eigenvalue weighted by Crippen LogP contribution is -2.46. The molecule has 2 N–H and O–H groups in total. The molecule has 59 heavy (non-hydrogen) atoms. The van der Waals surface area contributed by atoms with Crippen LogP contribution >= 0.6 is 23.5 Å². The van der Waals surface area contributed by atoms with Crippen molar-refractivity contribution in [2.75, 3.05) is 18.4 Å². The number of rotatable bonds is 23. The van der Waals surface area contributed by atoms with Crippen molar-refractivity contribution in [3.8, 4) is 0 Å². The minimum Gasteiger partial charge on any atom is -0.346 e. The summed E-state index contributed by atoms with van der Waals surface area (Å²) in [5, 5.41) is 5.69. The predicted molar refractivity (Wildman–Crippen MR) is 244 cm³/mol. The number of hydrogen-bond donors (Lipinski definition) is 2. The van der Waals surface area contributed by atoms with Crippen LogP contribution in [0.3, 0.4) is 0 Å². The second-order valence-electron chi connectivity index (χ2n) is 17.5. The van der Waals surface area contributed by atoms with Crippen LogP contribution in [0.1, 0.15) is 147 Å². The zero-order valence-electron chi connectivity index (χ0n) is 37.1. The Morgan fingerprint density at radius 2 is 1.20 bits per heavy atom. The summed E-state index contributed by atoms with van der Waals surface area (Å²) >= 11 is 3.07. The van der Waals surface area contributed by atoms with Crippen LogP contribution < -0.4 is 10.6 Å². The highest BCUT2D eigenvalue weighted by atomic mass is 32.2. The van der Waals surface area contributed by atoms with E-state index in [-0.39, 0.29) is 85.0 Å². The van der Waals surface area contributed by atoms with E-state index in [0.717, 1.165) is 30.1 Å². The molecule has 3 rings (SSSR count). The normalized spacial score (nSPS) is 17.8. The molecule has 2 saturated heterocycles. The molecule has 1 aromatic rings. The zero-order chi connectivity index (χ0) is 43.7. The smallest absolute Gasteiger partial charge is 0.242 e. The largest absolute Gasteiger partial charge is 0.346 e. The van der Waals surface area contributed by atoms with Gasteiger partial charge in [-0.1, -0.05) is 121 Å². The molecule has 2 aliphatic heterocycles. The molecule has 334 valence electrons.